The highest BCUT2D eigenvalue weighted by Crippen LogP contribution is 2.44. The van der Waals surface area contributed by atoms with Gasteiger partial charge in [0, 0.05) is 16.3 Å². The molecule has 2 heterocycles. The molecule has 0 spiro atoms. The van der Waals surface area contributed by atoms with Gasteiger partial charge in [0.05, 0.1) is 18.2 Å². The summed E-state index contributed by atoms with van der Waals surface area (Å²) in [5.41, 5.74) is 3.25. The molecule has 7 nitrogen and oxygen atoms in total. The molecule has 0 saturated carbocycles. The van der Waals surface area contributed by atoms with Gasteiger partial charge < -0.3 is 9.84 Å². The van der Waals surface area contributed by atoms with E-state index in [0.29, 0.717) is 38.6 Å². The Morgan fingerprint density at radius 2 is 1.83 bits per heavy atom. The van der Waals surface area contributed by atoms with E-state index in [1.807, 2.05) is 6.92 Å². The number of aliphatic hydroxyl groups excluding tert-OH is 1. The van der Waals surface area contributed by atoms with Crippen molar-refractivity contribution in [2.75, 3.05) is 11.5 Å². The summed E-state index contributed by atoms with van der Waals surface area (Å²) in [5, 5.41) is 20.6. The van der Waals surface area contributed by atoms with Crippen molar-refractivity contribution in [2.24, 2.45) is 0 Å². The number of ketones is 1. The number of benzene rings is 3. The number of anilines is 1. The van der Waals surface area contributed by atoms with Crippen LogP contribution in [0, 0.1) is 6.92 Å². The molecule has 1 aliphatic rings. The molecule has 1 saturated heterocycles. The minimum absolute atomic E-state index is 0.0408. The number of thioether (sulfide) groups is 1. The van der Waals surface area contributed by atoms with Crippen molar-refractivity contribution in [2.45, 2.75) is 42.8 Å². The lowest BCUT2D eigenvalue weighted by Crippen LogP contribution is -2.29. The number of amides is 1. The first kappa shape index (κ1) is 28.9. The monoisotopic (exact) mass is 605 g/mol. The van der Waals surface area contributed by atoms with Gasteiger partial charge in [-0.1, -0.05) is 90.0 Å². The van der Waals surface area contributed by atoms with Gasteiger partial charge in [-0.2, -0.15) is 0 Å². The predicted octanol–water partition coefficient (Wildman–Crippen LogP) is 7.60. The fraction of sp³-hybridized carbons (Fsp3) is 0.226. The number of Topliss-reactive ketones (excluding diaryl/α,β-unsaturated/α-hetero) is 1. The van der Waals surface area contributed by atoms with Crippen LogP contribution in [0.25, 0.3) is 5.76 Å². The van der Waals surface area contributed by atoms with Gasteiger partial charge >= 0.3 is 5.91 Å². The number of rotatable bonds is 10. The summed E-state index contributed by atoms with van der Waals surface area (Å²) in [4.78, 5) is 28.2. The summed E-state index contributed by atoms with van der Waals surface area (Å²) in [6, 6.07) is 21.0. The molecule has 0 aliphatic carbocycles. The lowest BCUT2D eigenvalue weighted by Gasteiger charge is -2.22. The van der Waals surface area contributed by atoms with Gasteiger partial charge in [-0.05, 0) is 60.9 Å². The van der Waals surface area contributed by atoms with Crippen LogP contribution >= 0.6 is 34.7 Å². The van der Waals surface area contributed by atoms with Gasteiger partial charge in [-0.15, -0.1) is 10.2 Å². The summed E-state index contributed by atoms with van der Waals surface area (Å²) in [6.45, 7) is 4.72. The summed E-state index contributed by atoms with van der Waals surface area (Å²) >= 11 is 9.03. The Balaban J connectivity index is 1.48. The molecule has 0 radical (unpaired) electrons. The van der Waals surface area contributed by atoms with E-state index in [-0.39, 0.29) is 16.5 Å². The molecule has 1 aromatic heterocycles. The molecule has 1 N–H and O–H groups in total. The molecule has 1 fully saturated rings. The molecule has 41 heavy (non-hydrogen) atoms. The third kappa shape index (κ3) is 6.48. The van der Waals surface area contributed by atoms with Crippen LogP contribution in [-0.4, -0.2) is 33.6 Å². The van der Waals surface area contributed by atoms with Crippen molar-refractivity contribution in [1.82, 2.24) is 10.2 Å². The van der Waals surface area contributed by atoms with E-state index in [1.165, 1.54) is 33.6 Å². The van der Waals surface area contributed by atoms with Crippen LogP contribution in [0.4, 0.5) is 5.13 Å². The second-order valence-corrected chi connectivity index (χ2v) is 12.2. The molecule has 1 amide bonds. The first-order chi connectivity index (χ1) is 19.9. The van der Waals surface area contributed by atoms with Crippen LogP contribution in [0.5, 0.6) is 5.75 Å². The van der Waals surface area contributed by atoms with Crippen molar-refractivity contribution in [1.29, 1.82) is 0 Å². The average molecular weight is 606 g/mol. The summed E-state index contributed by atoms with van der Waals surface area (Å²) < 4.78 is 6.38. The fourth-order valence-electron chi connectivity index (χ4n) is 4.41. The lowest BCUT2D eigenvalue weighted by atomic mass is 9.95. The van der Waals surface area contributed by atoms with E-state index < -0.39 is 17.7 Å². The summed E-state index contributed by atoms with van der Waals surface area (Å²) in [5.74, 6) is -0.535. The van der Waals surface area contributed by atoms with E-state index in [2.05, 4.69) is 41.4 Å². The number of aryl methyl sites for hydroxylation is 1. The largest absolute Gasteiger partial charge is 0.507 e. The van der Waals surface area contributed by atoms with Crippen LogP contribution in [0.3, 0.4) is 0 Å². The third-order valence-electron chi connectivity index (χ3n) is 6.59. The van der Waals surface area contributed by atoms with Crippen molar-refractivity contribution in [3.8, 4) is 5.75 Å². The maximum atomic E-state index is 13.5. The Labute approximate surface area is 251 Å². The molecule has 5 rings (SSSR count). The molecule has 1 aliphatic heterocycles. The highest BCUT2D eigenvalue weighted by Gasteiger charge is 2.48. The van der Waals surface area contributed by atoms with Crippen molar-refractivity contribution < 1.29 is 19.4 Å². The summed E-state index contributed by atoms with van der Waals surface area (Å²) in [7, 11) is 0. The standard InChI is InChI=1S/C31H28ClN3O4S2/c1-3-4-16-39-24-14-12-21(13-15-24)27(36)25-26(22-6-5-7-23(32)17-22)35(29(38)28(25)37)30-33-34-31(41-30)40-18-20-10-8-19(2)9-11-20/h5-15,17,26,36H,3-4,16,18H2,1-2H3/t26-/m1/s1. The molecule has 0 unspecified atom stereocenters. The molecular weight excluding hydrogens is 578 g/mol. The zero-order valence-electron chi connectivity index (χ0n) is 22.5. The Morgan fingerprint density at radius 3 is 2.54 bits per heavy atom. The molecular formula is C31H28ClN3O4S2. The number of nitrogens with zero attached hydrogens (tertiary/aromatic N) is 3. The Hall–Kier alpha value is -3.66. The smallest absolute Gasteiger partial charge is 0.301 e. The number of aliphatic hydroxyl groups is 1. The topological polar surface area (TPSA) is 92.6 Å². The first-order valence-corrected chi connectivity index (χ1v) is 15.3. The van der Waals surface area contributed by atoms with E-state index in [4.69, 9.17) is 16.3 Å². The highest BCUT2D eigenvalue weighted by atomic mass is 35.5. The second-order valence-electron chi connectivity index (χ2n) is 9.58. The Morgan fingerprint density at radius 1 is 1.07 bits per heavy atom. The molecule has 3 aromatic carbocycles. The van der Waals surface area contributed by atoms with E-state index in [1.54, 1.807) is 48.5 Å². The average Bonchev–Trinajstić information content (AvgIpc) is 3.55. The van der Waals surface area contributed by atoms with Gasteiger partial charge in [0.1, 0.15) is 11.5 Å². The fourth-order valence-corrected chi connectivity index (χ4v) is 6.43. The second kappa shape index (κ2) is 12.9. The highest BCUT2D eigenvalue weighted by molar-refractivity contribution is 8.00. The van der Waals surface area contributed by atoms with Crippen molar-refractivity contribution >= 4 is 57.3 Å². The van der Waals surface area contributed by atoms with Crippen molar-refractivity contribution in [3.05, 3.63) is 106 Å². The Bertz CT molecular complexity index is 1590. The van der Waals surface area contributed by atoms with Gasteiger partial charge in [0.2, 0.25) is 5.13 Å². The molecule has 0 bridgehead atoms. The predicted molar refractivity (Wildman–Crippen MR) is 164 cm³/mol. The number of halogens is 1. The van der Waals surface area contributed by atoms with Crippen LogP contribution in [0.1, 0.15) is 48.1 Å². The Kier molecular flexibility index (Phi) is 9.07. The number of unbranched alkanes of at least 4 members (excludes halogenated alkanes) is 1. The maximum absolute atomic E-state index is 13.5. The summed E-state index contributed by atoms with van der Waals surface area (Å²) in [6.07, 6.45) is 1.95. The third-order valence-corrected chi connectivity index (χ3v) is 8.95. The van der Waals surface area contributed by atoms with Crippen LogP contribution in [0.15, 0.2) is 82.7 Å². The van der Waals surface area contributed by atoms with Crippen LogP contribution in [0.2, 0.25) is 5.02 Å². The number of carbonyl (C=O) groups excluding carboxylic acids is 2. The van der Waals surface area contributed by atoms with E-state index in [9.17, 15) is 14.7 Å². The zero-order valence-corrected chi connectivity index (χ0v) is 24.9. The van der Waals surface area contributed by atoms with Crippen molar-refractivity contribution in [3.63, 3.8) is 0 Å². The number of carbonyl (C=O) groups is 2. The molecule has 210 valence electrons. The molecule has 4 aromatic rings. The minimum Gasteiger partial charge on any atom is -0.507 e. The van der Waals surface area contributed by atoms with Crippen LogP contribution < -0.4 is 9.64 Å². The number of hydrogen-bond acceptors (Lipinski definition) is 8. The van der Waals surface area contributed by atoms with E-state index >= 15 is 0 Å². The van der Waals surface area contributed by atoms with Gasteiger partial charge in [-0.3, -0.25) is 14.5 Å². The van der Waals surface area contributed by atoms with Gasteiger partial charge in [0.15, 0.2) is 4.34 Å². The maximum Gasteiger partial charge on any atom is 0.301 e. The molecule has 10 heteroatoms. The number of aromatic nitrogens is 2. The number of hydrogen-bond donors (Lipinski definition) is 1. The van der Waals surface area contributed by atoms with Gasteiger partial charge in [0.25, 0.3) is 5.78 Å². The zero-order chi connectivity index (χ0) is 28.9. The quantitative estimate of drug-likeness (QED) is 0.0497. The lowest BCUT2D eigenvalue weighted by molar-refractivity contribution is -0.132. The van der Waals surface area contributed by atoms with Gasteiger partial charge in [-0.25, -0.2) is 0 Å². The molecule has 1 atom stereocenters. The van der Waals surface area contributed by atoms with Crippen LogP contribution in [-0.2, 0) is 15.3 Å². The normalized spacial score (nSPS) is 16.4. The number of ether oxygens (including phenoxy) is 1. The van der Waals surface area contributed by atoms with E-state index in [0.717, 1.165) is 18.4 Å². The first-order valence-electron chi connectivity index (χ1n) is 13.2. The SMILES string of the molecule is CCCCOc1ccc(C(O)=C2C(=O)C(=O)N(c3nnc(SCc4ccc(C)cc4)s3)[C@@H]2c2cccc(Cl)c2)cc1. The minimum atomic E-state index is -0.933.